The lowest BCUT2D eigenvalue weighted by atomic mass is 9.82. The molecular weight excluding hydrogens is 472 g/mol. The summed E-state index contributed by atoms with van der Waals surface area (Å²) < 4.78 is 33.9. The van der Waals surface area contributed by atoms with E-state index in [1.54, 1.807) is 0 Å². The van der Waals surface area contributed by atoms with E-state index in [4.69, 9.17) is 20.1 Å². The Morgan fingerprint density at radius 3 is 2.27 bits per heavy atom. The largest absolute Gasteiger partial charge is 0.506 e. The maximum absolute atomic E-state index is 14.1. The van der Waals surface area contributed by atoms with Gasteiger partial charge in [-0.05, 0) is 50.1 Å². The summed E-state index contributed by atoms with van der Waals surface area (Å²) >= 11 is 6.23. The monoisotopic (exact) mass is 478 g/mol. The standard InChI is InChI=1S/C17H8B2Br2F2O3/c1-17(22,23)16-13(12-8(19)4-7(18)5-11(12)26-16)14(24)6-2-9(20)15(25)10(21)3-6/h2-5,25H,1H3. The molecule has 0 spiro atoms. The van der Waals surface area contributed by atoms with Crippen LogP contribution in [0.1, 0.15) is 28.6 Å². The van der Waals surface area contributed by atoms with Gasteiger partial charge in [0.15, 0.2) is 11.5 Å². The van der Waals surface area contributed by atoms with Crippen LogP contribution >= 0.6 is 31.9 Å². The average molecular weight is 480 g/mol. The van der Waals surface area contributed by atoms with Crippen molar-refractivity contribution in [3.63, 3.8) is 0 Å². The van der Waals surface area contributed by atoms with Crippen LogP contribution < -0.4 is 10.9 Å². The van der Waals surface area contributed by atoms with Gasteiger partial charge in [0.05, 0.1) is 14.5 Å². The summed E-state index contributed by atoms with van der Waals surface area (Å²) in [4.78, 5) is 13.0. The van der Waals surface area contributed by atoms with E-state index in [9.17, 15) is 18.7 Å². The number of hydrogen-bond acceptors (Lipinski definition) is 3. The molecule has 0 aliphatic rings. The molecule has 0 unspecified atom stereocenters. The first kappa shape index (κ1) is 19.2. The summed E-state index contributed by atoms with van der Waals surface area (Å²) in [5, 5.41) is 9.87. The van der Waals surface area contributed by atoms with Crippen LogP contribution in [0.4, 0.5) is 8.78 Å². The number of fused-ring (bicyclic) bond motifs is 1. The van der Waals surface area contributed by atoms with Crippen molar-refractivity contribution in [2.75, 3.05) is 0 Å². The van der Waals surface area contributed by atoms with E-state index >= 15 is 0 Å². The molecule has 0 fully saturated rings. The van der Waals surface area contributed by atoms with Gasteiger partial charge in [-0.15, -0.1) is 0 Å². The molecule has 0 aliphatic carbocycles. The van der Waals surface area contributed by atoms with Crippen molar-refractivity contribution in [2.45, 2.75) is 12.8 Å². The van der Waals surface area contributed by atoms with Crippen molar-refractivity contribution >= 4 is 75.2 Å². The van der Waals surface area contributed by atoms with Gasteiger partial charge in [-0.25, -0.2) is 0 Å². The van der Waals surface area contributed by atoms with Gasteiger partial charge in [0.1, 0.15) is 27.0 Å². The Morgan fingerprint density at radius 1 is 1.15 bits per heavy atom. The highest BCUT2D eigenvalue weighted by Gasteiger charge is 2.37. The fourth-order valence-corrected chi connectivity index (χ4v) is 3.83. The second-order valence-electron chi connectivity index (χ2n) is 5.80. The molecule has 26 heavy (non-hydrogen) atoms. The number of furan rings is 1. The van der Waals surface area contributed by atoms with Gasteiger partial charge in [-0.1, -0.05) is 17.0 Å². The number of carbonyl (C=O) groups is 1. The zero-order valence-corrected chi connectivity index (χ0v) is 16.4. The fraction of sp³-hybridized carbons (Fsp3) is 0.118. The number of phenolic OH excluding ortho intramolecular Hbond substituents is 1. The van der Waals surface area contributed by atoms with Crippen LogP contribution in [0, 0.1) is 0 Å². The summed E-state index contributed by atoms with van der Waals surface area (Å²) in [7, 11) is 11.6. The highest BCUT2D eigenvalue weighted by atomic mass is 79.9. The molecule has 0 atom stereocenters. The third-order valence-electron chi connectivity index (χ3n) is 3.75. The number of hydrogen-bond donors (Lipinski definition) is 1. The molecule has 0 amide bonds. The second-order valence-corrected chi connectivity index (χ2v) is 7.50. The topological polar surface area (TPSA) is 50.4 Å². The average Bonchev–Trinajstić information content (AvgIpc) is 2.91. The zero-order valence-electron chi connectivity index (χ0n) is 13.2. The molecule has 0 saturated heterocycles. The van der Waals surface area contributed by atoms with Crippen LogP contribution in [-0.4, -0.2) is 26.6 Å². The summed E-state index contributed by atoms with van der Waals surface area (Å²) in [6.45, 7) is 0.629. The lowest BCUT2D eigenvalue weighted by Gasteiger charge is -2.11. The van der Waals surface area contributed by atoms with Gasteiger partial charge < -0.3 is 9.52 Å². The van der Waals surface area contributed by atoms with Crippen molar-refractivity contribution in [1.82, 2.24) is 0 Å². The van der Waals surface area contributed by atoms with Crippen LogP contribution in [-0.2, 0) is 5.92 Å². The lowest BCUT2D eigenvalue weighted by Crippen LogP contribution is -2.17. The molecule has 3 aromatic rings. The van der Waals surface area contributed by atoms with Gasteiger partial charge in [0.2, 0.25) is 0 Å². The minimum atomic E-state index is -3.42. The third-order valence-corrected chi connectivity index (χ3v) is 4.96. The first-order valence-corrected chi connectivity index (χ1v) is 8.81. The van der Waals surface area contributed by atoms with Crippen molar-refractivity contribution in [1.29, 1.82) is 0 Å². The molecule has 3 rings (SSSR count). The van der Waals surface area contributed by atoms with Crippen LogP contribution in [0.3, 0.4) is 0 Å². The van der Waals surface area contributed by atoms with E-state index in [1.807, 2.05) is 0 Å². The Bertz CT molecular complexity index is 1040. The molecule has 1 aromatic heterocycles. The Morgan fingerprint density at radius 2 is 1.73 bits per heavy atom. The quantitative estimate of drug-likeness (QED) is 0.461. The number of benzene rings is 2. The smallest absolute Gasteiger partial charge is 0.302 e. The molecule has 0 saturated carbocycles. The highest BCUT2D eigenvalue weighted by Crippen LogP contribution is 2.39. The zero-order chi connectivity index (χ0) is 19.4. The molecular formula is C17H8B2Br2F2O3. The molecule has 0 aliphatic heterocycles. The Kier molecular flexibility index (Phi) is 4.82. The van der Waals surface area contributed by atoms with Crippen LogP contribution in [0.15, 0.2) is 37.6 Å². The van der Waals surface area contributed by atoms with E-state index in [2.05, 4.69) is 31.9 Å². The highest BCUT2D eigenvalue weighted by molar-refractivity contribution is 9.11. The Hall–Kier alpha value is -1.60. The van der Waals surface area contributed by atoms with Crippen molar-refractivity contribution in [3.8, 4) is 5.75 Å². The number of ketones is 1. The van der Waals surface area contributed by atoms with Gasteiger partial charge in [-0.2, -0.15) is 8.78 Å². The Balaban J connectivity index is 2.34. The molecule has 2 aromatic carbocycles. The third kappa shape index (κ3) is 3.22. The summed E-state index contributed by atoms with van der Waals surface area (Å²) in [5.41, 5.74) is 0.00287. The van der Waals surface area contributed by atoms with Crippen LogP contribution in [0.2, 0.25) is 0 Å². The van der Waals surface area contributed by atoms with Gasteiger partial charge >= 0.3 is 5.92 Å². The van der Waals surface area contributed by atoms with Gasteiger partial charge in [0.25, 0.3) is 0 Å². The normalized spacial score (nSPS) is 11.9. The molecule has 0 bridgehead atoms. The predicted octanol–water partition coefficient (Wildman–Crippen LogP) is 3.59. The molecule has 3 nitrogen and oxygen atoms in total. The number of halogens is 4. The number of phenols is 1. The van der Waals surface area contributed by atoms with E-state index in [0.29, 0.717) is 6.92 Å². The van der Waals surface area contributed by atoms with Crippen molar-refractivity contribution in [2.24, 2.45) is 0 Å². The van der Waals surface area contributed by atoms with Crippen LogP contribution in [0.5, 0.6) is 5.75 Å². The van der Waals surface area contributed by atoms with E-state index in [-0.39, 0.29) is 47.7 Å². The number of carbonyl (C=O) groups excluding carboxylic acids is 1. The molecule has 1 heterocycles. The predicted molar refractivity (Wildman–Crippen MR) is 103 cm³/mol. The SMILES string of the molecule is [B]c1cc([B])c2c(C(=O)c3cc(Br)c(O)c(Br)c3)c(C(C)(F)F)oc2c1. The van der Waals surface area contributed by atoms with Gasteiger partial charge in [0, 0.05) is 17.9 Å². The van der Waals surface area contributed by atoms with Crippen molar-refractivity contribution < 1.29 is 23.1 Å². The molecule has 4 radical (unpaired) electrons. The lowest BCUT2D eigenvalue weighted by molar-refractivity contribution is -0.00469. The first-order valence-electron chi connectivity index (χ1n) is 7.23. The van der Waals surface area contributed by atoms with E-state index in [0.717, 1.165) is 0 Å². The number of alkyl halides is 2. The molecule has 128 valence electrons. The fourth-order valence-electron chi connectivity index (χ4n) is 2.65. The second kappa shape index (κ2) is 6.53. The number of rotatable bonds is 3. The molecule has 1 N–H and O–H groups in total. The van der Waals surface area contributed by atoms with E-state index in [1.165, 1.54) is 24.3 Å². The maximum Gasteiger partial charge on any atom is 0.302 e. The van der Waals surface area contributed by atoms with E-state index < -0.39 is 17.5 Å². The first-order chi connectivity index (χ1) is 12.0. The minimum Gasteiger partial charge on any atom is -0.506 e. The summed E-state index contributed by atoms with van der Waals surface area (Å²) in [6, 6.07) is 5.36. The summed E-state index contributed by atoms with van der Waals surface area (Å²) in [5.74, 6) is -5.06. The number of aromatic hydroxyl groups is 1. The summed E-state index contributed by atoms with van der Waals surface area (Å²) in [6.07, 6.45) is 0. The van der Waals surface area contributed by atoms with Gasteiger partial charge in [-0.3, -0.25) is 4.79 Å². The molecule has 9 heteroatoms. The minimum absolute atomic E-state index is 0.000662. The maximum atomic E-state index is 14.1. The van der Waals surface area contributed by atoms with Crippen LogP contribution in [0.25, 0.3) is 11.0 Å². The Labute approximate surface area is 166 Å². The van der Waals surface area contributed by atoms with Crippen molar-refractivity contribution in [3.05, 3.63) is 50.1 Å².